The summed E-state index contributed by atoms with van der Waals surface area (Å²) in [5.74, 6) is -0.171. The number of aryl methyl sites for hydroxylation is 1. The Hall–Kier alpha value is -1.78. The van der Waals surface area contributed by atoms with Gasteiger partial charge in [0.05, 0.1) is 30.8 Å². The van der Waals surface area contributed by atoms with E-state index < -0.39 is 10.0 Å². The Morgan fingerprint density at radius 3 is 2.69 bits per heavy atom. The zero-order valence-corrected chi connectivity index (χ0v) is 20.0. The molecule has 0 spiro atoms. The third-order valence-electron chi connectivity index (χ3n) is 5.94. The van der Waals surface area contributed by atoms with Gasteiger partial charge in [-0.25, -0.2) is 8.42 Å². The van der Waals surface area contributed by atoms with Crippen molar-refractivity contribution in [3.63, 3.8) is 0 Å². The lowest BCUT2D eigenvalue weighted by atomic mass is 10.1. The lowest BCUT2D eigenvalue weighted by Gasteiger charge is -2.28. The molecule has 0 bridgehead atoms. The van der Waals surface area contributed by atoms with Crippen LogP contribution in [0.3, 0.4) is 0 Å². The summed E-state index contributed by atoms with van der Waals surface area (Å²) in [4.78, 5) is 16.7. The van der Waals surface area contributed by atoms with Gasteiger partial charge in [0.25, 0.3) is 5.91 Å². The lowest BCUT2D eigenvalue weighted by Crippen LogP contribution is -2.41. The van der Waals surface area contributed by atoms with E-state index in [9.17, 15) is 13.2 Å². The summed E-state index contributed by atoms with van der Waals surface area (Å²) in [5.41, 5.74) is 1.11. The highest BCUT2D eigenvalue weighted by molar-refractivity contribution is 7.89. The molecule has 2 fully saturated rings. The minimum absolute atomic E-state index is 0.0189. The lowest BCUT2D eigenvalue weighted by molar-refractivity contribution is 0.0509. The first-order valence-electron chi connectivity index (χ1n) is 11.1. The largest absolute Gasteiger partial charge is 0.379 e. The van der Waals surface area contributed by atoms with Gasteiger partial charge in [0, 0.05) is 36.7 Å². The van der Waals surface area contributed by atoms with Gasteiger partial charge >= 0.3 is 0 Å². The number of ether oxygens (including phenoxy) is 2. The summed E-state index contributed by atoms with van der Waals surface area (Å²) in [5, 5.41) is 1.99. The molecule has 2 aromatic rings. The third kappa shape index (κ3) is 5.23. The Morgan fingerprint density at radius 2 is 2.03 bits per heavy atom. The van der Waals surface area contributed by atoms with Gasteiger partial charge in [-0.3, -0.25) is 4.79 Å². The normalized spacial score (nSPS) is 19.8. The maximum atomic E-state index is 13.6. The molecule has 0 N–H and O–H groups in total. The molecule has 4 rings (SSSR count). The minimum Gasteiger partial charge on any atom is -0.379 e. The van der Waals surface area contributed by atoms with Crippen molar-refractivity contribution in [1.82, 2.24) is 9.21 Å². The fraction of sp³-hybridized carbons (Fsp3) is 0.522. The van der Waals surface area contributed by atoms with E-state index >= 15 is 0 Å². The van der Waals surface area contributed by atoms with Crippen molar-refractivity contribution in [2.75, 3.05) is 39.5 Å². The number of morpholine rings is 1. The van der Waals surface area contributed by atoms with Crippen molar-refractivity contribution in [1.29, 1.82) is 0 Å². The van der Waals surface area contributed by atoms with Crippen LogP contribution in [0.4, 0.5) is 0 Å². The van der Waals surface area contributed by atoms with E-state index in [2.05, 4.69) is 0 Å². The first-order chi connectivity index (χ1) is 15.5. The monoisotopic (exact) mass is 478 g/mol. The Balaban J connectivity index is 1.64. The number of amides is 1. The predicted octanol–water partition coefficient (Wildman–Crippen LogP) is 3.15. The van der Waals surface area contributed by atoms with Crippen LogP contribution in [0, 0.1) is 0 Å². The van der Waals surface area contributed by atoms with Gasteiger partial charge in [0.1, 0.15) is 0 Å². The van der Waals surface area contributed by atoms with Crippen LogP contribution >= 0.6 is 11.3 Å². The summed E-state index contributed by atoms with van der Waals surface area (Å²) < 4.78 is 39.3. The van der Waals surface area contributed by atoms with Gasteiger partial charge in [0.15, 0.2) is 0 Å². The molecule has 0 radical (unpaired) electrons. The number of rotatable bonds is 8. The molecule has 0 saturated carbocycles. The summed E-state index contributed by atoms with van der Waals surface area (Å²) >= 11 is 1.60. The van der Waals surface area contributed by atoms with Crippen LogP contribution in [0.2, 0.25) is 0 Å². The number of thiophene rings is 1. The second-order valence-electron chi connectivity index (χ2n) is 8.09. The highest BCUT2D eigenvalue weighted by atomic mass is 32.2. The average Bonchev–Trinajstić information content (AvgIpc) is 3.53. The van der Waals surface area contributed by atoms with Crippen molar-refractivity contribution >= 4 is 27.3 Å². The van der Waals surface area contributed by atoms with Crippen LogP contribution in [-0.2, 0) is 32.5 Å². The fourth-order valence-corrected chi connectivity index (χ4v) is 6.62. The first kappa shape index (κ1) is 23.4. The topological polar surface area (TPSA) is 76.2 Å². The van der Waals surface area contributed by atoms with E-state index in [1.165, 1.54) is 4.31 Å². The van der Waals surface area contributed by atoms with Gasteiger partial charge in [-0.1, -0.05) is 19.1 Å². The average molecular weight is 479 g/mol. The zero-order chi connectivity index (χ0) is 22.6. The van der Waals surface area contributed by atoms with E-state index in [1.807, 2.05) is 24.4 Å². The number of sulfonamides is 1. The zero-order valence-electron chi connectivity index (χ0n) is 18.4. The molecule has 2 aliphatic rings. The fourth-order valence-electron chi connectivity index (χ4n) is 4.17. The second kappa shape index (κ2) is 10.4. The molecule has 32 heavy (non-hydrogen) atoms. The van der Waals surface area contributed by atoms with Crippen molar-refractivity contribution in [3.05, 3.63) is 51.7 Å². The number of hydrogen-bond donors (Lipinski definition) is 0. The highest BCUT2D eigenvalue weighted by Crippen LogP contribution is 2.25. The molecule has 7 nitrogen and oxygen atoms in total. The molecule has 1 aromatic heterocycles. The molecule has 9 heteroatoms. The number of nitrogens with zero attached hydrogens (tertiary/aromatic N) is 2. The van der Waals surface area contributed by atoms with Gasteiger partial charge < -0.3 is 14.4 Å². The molecule has 1 atom stereocenters. The van der Waals surface area contributed by atoms with Crippen LogP contribution in [-0.4, -0.2) is 69.1 Å². The van der Waals surface area contributed by atoms with E-state index in [-0.39, 0.29) is 16.9 Å². The number of carbonyl (C=O) groups excluding carboxylic acids is 1. The maximum absolute atomic E-state index is 13.6. The van der Waals surface area contributed by atoms with Crippen LogP contribution < -0.4 is 0 Å². The number of carbonyl (C=O) groups is 1. The quantitative estimate of drug-likeness (QED) is 0.583. The molecule has 0 aliphatic carbocycles. The van der Waals surface area contributed by atoms with Crippen molar-refractivity contribution in [2.45, 2.75) is 43.7 Å². The highest BCUT2D eigenvalue weighted by Gasteiger charge is 2.30. The van der Waals surface area contributed by atoms with E-state index in [0.717, 1.165) is 29.9 Å². The maximum Gasteiger partial charge on any atom is 0.254 e. The molecule has 2 saturated heterocycles. The van der Waals surface area contributed by atoms with E-state index in [0.29, 0.717) is 51.4 Å². The van der Waals surface area contributed by atoms with Gasteiger partial charge in [-0.15, -0.1) is 11.3 Å². The molecular formula is C23H30N2O5S2. The van der Waals surface area contributed by atoms with Gasteiger partial charge in [0.2, 0.25) is 10.0 Å². The molecule has 1 aromatic carbocycles. The van der Waals surface area contributed by atoms with Gasteiger partial charge in [-0.05, 0) is 48.4 Å². The van der Waals surface area contributed by atoms with E-state index in [1.54, 1.807) is 34.4 Å². The Morgan fingerprint density at radius 1 is 1.22 bits per heavy atom. The molecule has 3 heterocycles. The van der Waals surface area contributed by atoms with Crippen LogP contribution in [0.25, 0.3) is 0 Å². The third-order valence-corrected chi connectivity index (χ3v) is 8.79. The molecule has 174 valence electrons. The minimum atomic E-state index is -3.70. The number of hydrogen-bond acceptors (Lipinski definition) is 6. The summed E-state index contributed by atoms with van der Waals surface area (Å²) in [6, 6.07) is 9.06. The van der Waals surface area contributed by atoms with Crippen molar-refractivity contribution < 1.29 is 22.7 Å². The molecule has 1 unspecified atom stereocenters. The standard InChI is InChI=1S/C23H30N2O5S2/c1-2-18-7-8-19(15-22(18)32(27,28)25-9-12-29-13-10-25)23(26)24(16-20-5-3-11-30-20)17-21-6-4-14-31-21/h4,6-8,14-15,20H,2-3,5,9-13,16-17H2,1H3. The second-order valence-corrected chi connectivity index (χ2v) is 11.0. The smallest absolute Gasteiger partial charge is 0.254 e. The summed E-state index contributed by atoms with van der Waals surface area (Å²) in [7, 11) is -3.70. The van der Waals surface area contributed by atoms with E-state index in [4.69, 9.17) is 9.47 Å². The van der Waals surface area contributed by atoms with Crippen molar-refractivity contribution in [3.8, 4) is 0 Å². The Kier molecular flexibility index (Phi) is 7.63. The number of benzene rings is 1. The van der Waals surface area contributed by atoms with Crippen LogP contribution in [0.5, 0.6) is 0 Å². The molecular weight excluding hydrogens is 448 g/mol. The van der Waals surface area contributed by atoms with Crippen LogP contribution in [0.1, 0.15) is 40.6 Å². The van der Waals surface area contributed by atoms with Crippen molar-refractivity contribution in [2.24, 2.45) is 0 Å². The molecule has 1 amide bonds. The SMILES string of the molecule is CCc1ccc(C(=O)N(Cc2cccs2)CC2CCCO2)cc1S(=O)(=O)N1CCOCC1. The molecule has 2 aliphatic heterocycles. The predicted molar refractivity (Wildman–Crippen MR) is 123 cm³/mol. The Labute approximate surface area is 194 Å². The van der Waals surface area contributed by atoms with Gasteiger partial charge in [-0.2, -0.15) is 4.31 Å². The Bertz CT molecular complexity index is 1010. The summed E-state index contributed by atoms with van der Waals surface area (Å²) in [6.45, 7) is 5.05. The van der Waals surface area contributed by atoms with Crippen LogP contribution in [0.15, 0.2) is 40.6 Å². The first-order valence-corrected chi connectivity index (χ1v) is 13.4. The summed E-state index contributed by atoms with van der Waals surface area (Å²) in [6.07, 6.45) is 2.52.